The van der Waals surface area contributed by atoms with E-state index < -0.39 is 24.3 Å². The molecule has 0 aromatic carbocycles. The first kappa shape index (κ1) is 77.3. The molecule has 0 heterocycles. The highest BCUT2D eigenvalue weighted by molar-refractivity contribution is 5.70. The van der Waals surface area contributed by atoms with Crippen molar-refractivity contribution < 1.29 is 42.9 Å². The number of carbonyl (C=O) groups excluding carboxylic acids is 3. The number of hydrogen-bond acceptors (Lipinski definition) is 8. The van der Waals surface area contributed by atoms with Crippen LogP contribution in [0.25, 0.3) is 0 Å². The van der Waals surface area contributed by atoms with Crippen molar-refractivity contribution in [2.45, 2.75) is 386 Å². The summed E-state index contributed by atoms with van der Waals surface area (Å²) in [5, 5.41) is 11.8. The van der Waals surface area contributed by atoms with Crippen LogP contribution < -0.4 is 5.11 Å². The second-order valence-corrected chi connectivity index (χ2v) is 25.5. The molecule has 0 aromatic rings. The molecule has 0 aliphatic carbocycles. The van der Waals surface area contributed by atoms with Crippen LogP contribution in [0.1, 0.15) is 373 Å². The number of ether oxygens (including phenoxy) is 4. The van der Waals surface area contributed by atoms with Crippen molar-refractivity contribution in [3.8, 4) is 0 Å². The summed E-state index contributed by atoms with van der Waals surface area (Å²) >= 11 is 0. The van der Waals surface area contributed by atoms with Crippen molar-refractivity contribution in [3.63, 3.8) is 0 Å². The Hall–Kier alpha value is -1.71. The number of carboxylic acids is 1. The van der Waals surface area contributed by atoms with E-state index in [1.165, 1.54) is 308 Å². The number of aliphatic carboxylic acids is 1. The molecule has 9 heteroatoms. The average molecular weight is 1120 g/mol. The summed E-state index contributed by atoms with van der Waals surface area (Å²) in [5.74, 6) is -2.25. The largest absolute Gasteiger partial charge is 0.545 e. The summed E-state index contributed by atoms with van der Waals surface area (Å²) in [7, 11) is 5.95. The van der Waals surface area contributed by atoms with Crippen LogP contribution in [0.2, 0.25) is 0 Å². The van der Waals surface area contributed by atoms with Gasteiger partial charge in [-0.15, -0.1) is 0 Å². The van der Waals surface area contributed by atoms with Crippen LogP contribution in [0.3, 0.4) is 0 Å². The summed E-state index contributed by atoms with van der Waals surface area (Å²) in [5.41, 5.74) is 0. The minimum Gasteiger partial charge on any atom is -0.545 e. The minimum absolute atomic E-state index is 0.154. The Morgan fingerprint density at radius 1 is 0.329 bits per heavy atom. The molecule has 470 valence electrons. The van der Waals surface area contributed by atoms with Crippen LogP contribution in [0.15, 0.2) is 0 Å². The van der Waals surface area contributed by atoms with E-state index in [0.717, 1.165) is 38.5 Å². The van der Waals surface area contributed by atoms with E-state index in [1.807, 2.05) is 21.1 Å². The molecule has 2 atom stereocenters. The lowest BCUT2D eigenvalue weighted by Crippen LogP contribution is -2.44. The number of carboxylic acid groups (broad SMARTS) is 1. The Morgan fingerprint density at radius 2 is 0.570 bits per heavy atom. The first-order valence-corrected chi connectivity index (χ1v) is 35.2. The topological polar surface area (TPSA) is 111 Å². The third-order valence-electron chi connectivity index (χ3n) is 16.4. The van der Waals surface area contributed by atoms with Crippen LogP contribution in [-0.4, -0.2) is 82.3 Å². The number of hydrogen-bond donors (Lipinski definition) is 0. The van der Waals surface area contributed by atoms with Crippen molar-refractivity contribution >= 4 is 17.9 Å². The van der Waals surface area contributed by atoms with Crippen molar-refractivity contribution in [1.29, 1.82) is 0 Å². The number of nitrogens with zero attached hydrogens (tertiary/aromatic N) is 1. The fourth-order valence-electron chi connectivity index (χ4n) is 11.0. The molecule has 0 aromatic heterocycles. The van der Waals surface area contributed by atoms with Gasteiger partial charge in [-0.3, -0.25) is 9.59 Å². The van der Waals surface area contributed by atoms with Gasteiger partial charge in [0.15, 0.2) is 12.4 Å². The predicted molar refractivity (Wildman–Crippen MR) is 334 cm³/mol. The molecule has 0 fully saturated rings. The van der Waals surface area contributed by atoms with Crippen molar-refractivity contribution in [2.75, 3.05) is 47.5 Å². The van der Waals surface area contributed by atoms with E-state index in [9.17, 15) is 19.5 Å². The molecule has 0 spiro atoms. The Kier molecular flexibility index (Phi) is 61.0. The Bertz CT molecular complexity index is 1260. The van der Waals surface area contributed by atoms with E-state index in [0.29, 0.717) is 17.4 Å². The van der Waals surface area contributed by atoms with Gasteiger partial charge < -0.3 is 33.3 Å². The highest BCUT2D eigenvalue weighted by atomic mass is 16.7. The summed E-state index contributed by atoms with van der Waals surface area (Å²) in [4.78, 5) is 37.4. The second kappa shape index (κ2) is 62.3. The number of likely N-dealkylation sites (N-methyl/N-ethyl adjacent to an activating group) is 1. The van der Waals surface area contributed by atoms with Crippen molar-refractivity contribution in [2.24, 2.45) is 0 Å². The zero-order chi connectivity index (χ0) is 57.6. The molecule has 0 saturated heterocycles. The lowest BCUT2D eigenvalue weighted by atomic mass is 10.0. The van der Waals surface area contributed by atoms with E-state index in [1.54, 1.807) is 0 Å². The van der Waals surface area contributed by atoms with Crippen LogP contribution in [0.5, 0.6) is 0 Å². The molecule has 9 nitrogen and oxygen atoms in total. The monoisotopic (exact) mass is 1120 g/mol. The predicted octanol–water partition coefficient (Wildman–Crippen LogP) is 20.1. The number of rotatable bonds is 67. The quantitative estimate of drug-likeness (QED) is 0.0256. The molecule has 0 N–H and O–H groups in total. The van der Waals surface area contributed by atoms with Gasteiger partial charge in [-0.05, 0) is 12.8 Å². The molecule has 0 radical (unpaired) electrons. The smallest absolute Gasteiger partial charge is 0.306 e. The Morgan fingerprint density at radius 3 is 0.810 bits per heavy atom. The van der Waals surface area contributed by atoms with Gasteiger partial charge in [0, 0.05) is 12.8 Å². The third kappa shape index (κ3) is 63.7. The molecule has 0 rings (SSSR count). The molecule has 0 aliphatic heterocycles. The number of unbranched alkanes of at least 4 members (excludes halogenated alkanes) is 52. The Labute approximate surface area is 492 Å². The van der Waals surface area contributed by atoms with Gasteiger partial charge in [-0.2, -0.15) is 0 Å². The minimum atomic E-state index is -1.62. The molecular formula is C70H137NO8. The van der Waals surface area contributed by atoms with Crippen molar-refractivity contribution in [3.05, 3.63) is 0 Å². The normalized spacial score (nSPS) is 12.6. The van der Waals surface area contributed by atoms with E-state index in [-0.39, 0.29) is 32.2 Å². The van der Waals surface area contributed by atoms with E-state index in [4.69, 9.17) is 18.9 Å². The molecule has 0 bridgehead atoms. The van der Waals surface area contributed by atoms with E-state index >= 15 is 0 Å². The molecular weight excluding hydrogens is 983 g/mol. The van der Waals surface area contributed by atoms with Gasteiger partial charge in [0.1, 0.15) is 13.2 Å². The zero-order valence-electron chi connectivity index (χ0n) is 53.8. The SMILES string of the molecule is CCCCCCCCCCCCCCCCCCCCCCCCCCCCCCCCCCCCCC(=O)OC(COC(=O)CCCCCCCCCCCCCCCCCCCCC)COC(OCC[N+](C)(C)C)C(=O)[O-]. The fraction of sp³-hybridized carbons (Fsp3) is 0.957. The average Bonchev–Trinajstić information content (AvgIpc) is 3.42. The van der Waals surface area contributed by atoms with E-state index in [2.05, 4.69) is 13.8 Å². The summed E-state index contributed by atoms with van der Waals surface area (Å²) in [6.07, 6.45) is 70.6. The summed E-state index contributed by atoms with van der Waals surface area (Å²) in [6.45, 7) is 4.84. The highest BCUT2D eigenvalue weighted by Crippen LogP contribution is 2.20. The van der Waals surface area contributed by atoms with Crippen LogP contribution in [-0.2, 0) is 33.3 Å². The maximum Gasteiger partial charge on any atom is 0.306 e. The van der Waals surface area contributed by atoms with Crippen LogP contribution in [0, 0.1) is 0 Å². The molecule has 79 heavy (non-hydrogen) atoms. The van der Waals surface area contributed by atoms with Crippen LogP contribution >= 0.6 is 0 Å². The number of carbonyl (C=O) groups is 3. The zero-order valence-corrected chi connectivity index (χ0v) is 53.8. The van der Waals surface area contributed by atoms with Crippen molar-refractivity contribution in [1.82, 2.24) is 0 Å². The van der Waals surface area contributed by atoms with Crippen LogP contribution in [0.4, 0.5) is 0 Å². The lowest BCUT2D eigenvalue weighted by molar-refractivity contribution is -0.870. The molecule has 0 amide bonds. The second-order valence-electron chi connectivity index (χ2n) is 25.5. The first-order chi connectivity index (χ1) is 38.6. The maximum atomic E-state index is 12.9. The highest BCUT2D eigenvalue weighted by Gasteiger charge is 2.22. The Balaban J connectivity index is 3.97. The maximum absolute atomic E-state index is 12.9. The molecule has 0 saturated carbocycles. The lowest BCUT2D eigenvalue weighted by Gasteiger charge is -2.26. The van der Waals surface area contributed by atoms with Gasteiger partial charge in [0.25, 0.3) is 0 Å². The number of quaternary nitrogens is 1. The number of esters is 2. The van der Waals surface area contributed by atoms with Gasteiger partial charge in [-0.1, -0.05) is 348 Å². The van der Waals surface area contributed by atoms with Gasteiger partial charge in [0.05, 0.1) is 40.3 Å². The van der Waals surface area contributed by atoms with Gasteiger partial charge in [-0.25, -0.2) is 0 Å². The first-order valence-electron chi connectivity index (χ1n) is 35.2. The fourth-order valence-corrected chi connectivity index (χ4v) is 11.0. The summed E-state index contributed by atoms with van der Waals surface area (Å²) in [6, 6.07) is 0. The standard InChI is InChI=1S/C70H137NO8/c1-6-8-10-12-14-16-18-20-22-24-26-27-28-29-30-31-32-33-34-35-36-37-38-39-40-41-43-45-47-49-51-53-55-57-59-61-68(73)79-66(65-78-70(69(74)75)76-63-62-71(3,4)5)64-77-67(72)60-58-56-54-52-50-48-46-44-42-25-23-21-19-17-15-13-11-9-7-2/h66,70H,6-65H2,1-5H3. The van der Waals surface area contributed by atoms with Gasteiger partial charge >= 0.3 is 11.9 Å². The third-order valence-corrected chi connectivity index (χ3v) is 16.4. The summed E-state index contributed by atoms with van der Waals surface area (Å²) < 4.78 is 22.8. The van der Waals surface area contributed by atoms with Gasteiger partial charge in [0.2, 0.25) is 0 Å². The molecule has 2 unspecified atom stereocenters. The molecule has 0 aliphatic rings.